The maximum Gasteiger partial charge on any atom is 0.387 e. The Balaban J connectivity index is 2.15. The monoisotopic (exact) mass is 331 g/mol. The Morgan fingerprint density at radius 1 is 1.10 bits per heavy atom. The zero-order chi connectivity index (χ0) is 15.4. The van der Waals surface area contributed by atoms with Crippen LogP contribution >= 0.6 is 23.2 Å². The van der Waals surface area contributed by atoms with E-state index in [-0.39, 0.29) is 11.8 Å². The zero-order valence-electron chi connectivity index (χ0n) is 11.1. The van der Waals surface area contributed by atoms with E-state index in [0.29, 0.717) is 15.7 Å². The molecule has 6 heteroatoms. The van der Waals surface area contributed by atoms with Gasteiger partial charge in [0.25, 0.3) is 0 Å². The van der Waals surface area contributed by atoms with Crippen LogP contribution in [-0.4, -0.2) is 6.61 Å². The number of halogens is 4. The van der Waals surface area contributed by atoms with Crippen LogP contribution in [0.4, 0.5) is 14.5 Å². The highest BCUT2D eigenvalue weighted by Crippen LogP contribution is 2.32. The Bertz CT molecular complexity index is 622. The van der Waals surface area contributed by atoms with Crippen LogP contribution in [0, 0.1) is 0 Å². The first kappa shape index (κ1) is 15.9. The van der Waals surface area contributed by atoms with Crippen molar-refractivity contribution in [2.24, 2.45) is 0 Å². The Morgan fingerprint density at radius 2 is 1.81 bits per heavy atom. The number of ether oxygens (including phenoxy) is 1. The van der Waals surface area contributed by atoms with Crippen molar-refractivity contribution in [3.05, 3.63) is 58.1 Å². The van der Waals surface area contributed by atoms with Gasteiger partial charge >= 0.3 is 6.61 Å². The van der Waals surface area contributed by atoms with Crippen LogP contribution < -0.4 is 10.1 Å². The average Bonchev–Trinajstić information content (AvgIpc) is 2.41. The maximum atomic E-state index is 12.2. The van der Waals surface area contributed by atoms with Gasteiger partial charge < -0.3 is 10.1 Å². The molecular formula is C15H13Cl2F2NO. The van der Waals surface area contributed by atoms with Crippen LogP contribution in [0.15, 0.2) is 42.5 Å². The van der Waals surface area contributed by atoms with Crippen molar-refractivity contribution in [3.8, 4) is 5.75 Å². The van der Waals surface area contributed by atoms with E-state index in [0.717, 1.165) is 5.56 Å². The van der Waals surface area contributed by atoms with Gasteiger partial charge in [-0.3, -0.25) is 0 Å². The lowest BCUT2D eigenvalue weighted by Crippen LogP contribution is -2.08. The number of benzene rings is 2. The van der Waals surface area contributed by atoms with E-state index in [2.05, 4.69) is 10.1 Å². The molecule has 2 aromatic carbocycles. The van der Waals surface area contributed by atoms with E-state index in [4.69, 9.17) is 23.2 Å². The SMILES string of the molecule is CC(Nc1cccc(OC(F)F)c1)c1cccc(Cl)c1Cl. The Labute approximate surface area is 131 Å². The molecule has 2 nitrogen and oxygen atoms in total. The molecule has 2 aromatic rings. The summed E-state index contributed by atoms with van der Waals surface area (Å²) in [5.74, 6) is 0.0967. The molecule has 0 fully saturated rings. The maximum absolute atomic E-state index is 12.2. The first-order valence-corrected chi connectivity index (χ1v) is 6.98. The Hall–Kier alpha value is -1.52. The van der Waals surface area contributed by atoms with Crippen LogP contribution in [0.25, 0.3) is 0 Å². The quantitative estimate of drug-likeness (QED) is 0.751. The van der Waals surface area contributed by atoms with Crippen molar-refractivity contribution in [2.75, 3.05) is 5.32 Å². The minimum Gasteiger partial charge on any atom is -0.435 e. The van der Waals surface area contributed by atoms with E-state index in [1.807, 2.05) is 13.0 Å². The highest BCUT2D eigenvalue weighted by molar-refractivity contribution is 6.42. The topological polar surface area (TPSA) is 21.3 Å². The molecule has 0 spiro atoms. The molecule has 1 atom stereocenters. The van der Waals surface area contributed by atoms with E-state index < -0.39 is 6.61 Å². The molecule has 0 heterocycles. The first-order chi connectivity index (χ1) is 9.97. The second-order valence-corrected chi connectivity index (χ2v) is 5.20. The van der Waals surface area contributed by atoms with Crippen LogP contribution in [-0.2, 0) is 0 Å². The molecule has 0 bridgehead atoms. The lowest BCUT2D eigenvalue weighted by Gasteiger charge is -2.18. The van der Waals surface area contributed by atoms with Gasteiger partial charge in [0.1, 0.15) is 5.75 Å². The smallest absolute Gasteiger partial charge is 0.387 e. The van der Waals surface area contributed by atoms with Crippen LogP contribution in [0.2, 0.25) is 10.0 Å². The van der Waals surface area contributed by atoms with Gasteiger partial charge in [-0.15, -0.1) is 0 Å². The first-order valence-electron chi connectivity index (χ1n) is 6.22. The Morgan fingerprint density at radius 3 is 2.52 bits per heavy atom. The molecule has 2 rings (SSSR count). The summed E-state index contributed by atoms with van der Waals surface area (Å²) in [6.07, 6.45) is 0. The van der Waals surface area contributed by atoms with Crippen molar-refractivity contribution < 1.29 is 13.5 Å². The molecule has 0 radical (unpaired) electrons. The highest BCUT2D eigenvalue weighted by atomic mass is 35.5. The highest BCUT2D eigenvalue weighted by Gasteiger charge is 2.12. The average molecular weight is 332 g/mol. The normalized spacial score (nSPS) is 12.3. The molecule has 0 aliphatic rings. The van der Waals surface area contributed by atoms with Crippen molar-refractivity contribution in [2.45, 2.75) is 19.6 Å². The minimum atomic E-state index is -2.85. The van der Waals surface area contributed by atoms with Gasteiger partial charge in [-0.2, -0.15) is 8.78 Å². The second-order valence-electron chi connectivity index (χ2n) is 4.42. The molecule has 21 heavy (non-hydrogen) atoms. The van der Waals surface area contributed by atoms with E-state index >= 15 is 0 Å². The molecule has 1 N–H and O–H groups in total. The van der Waals surface area contributed by atoms with Gasteiger partial charge in [-0.05, 0) is 30.7 Å². The van der Waals surface area contributed by atoms with Crippen LogP contribution in [0.5, 0.6) is 5.75 Å². The van der Waals surface area contributed by atoms with Crippen LogP contribution in [0.1, 0.15) is 18.5 Å². The van der Waals surface area contributed by atoms with Crippen molar-refractivity contribution in [1.29, 1.82) is 0 Å². The Kier molecular flexibility index (Phi) is 5.26. The van der Waals surface area contributed by atoms with Gasteiger partial charge in [0.05, 0.1) is 16.1 Å². The summed E-state index contributed by atoms with van der Waals surface area (Å²) < 4.78 is 28.8. The van der Waals surface area contributed by atoms with Crippen molar-refractivity contribution in [3.63, 3.8) is 0 Å². The zero-order valence-corrected chi connectivity index (χ0v) is 12.6. The molecule has 112 valence electrons. The third kappa shape index (κ3) is 4.22. The summed E-state index contributed by atoms with van der Waals surface area (Å²) in [7, 11) is 0. The van der Waals surface area contributed by atoms with Gasteiger partial charge in [0.15, 0.2) is 0 Å². The summed E-state index contributed by atoms with van der Waals surface area (Å²) in [4.78, 5) is 0. The largest absolute Gasteiger partial charge is 0.435 e. The van der Waals surface area contributed by atoms with Gasteiger partial charge in [-0.1, -0.05) is 41.4 Å². The standard InChI is InChI=1S/C15H13Cl2F2NO/c1-9(12-6-3-7-13(16)14(12)17)20-10-4-2-5-11(8-10)21-15(18)19/h2-9,15,20H,1H3. The van der Waals surface area contributed by atoms with Gasteiger partial charge in [0.2, 0.25) is 0 Å². The molecule has 0 saturated carbocycles. The fraction of sp³-hybridized carbons (Fsp3) is 0.200. The summed E-state index contributed by atoms with van der Waals surface area (Å²) in [5, 5.41) is 4.11. The molecule has 0 aromatic heterocycles. The van der Waals surface area contributed by atoms with E-state index in [1.54, 1.807) is 24.3 Å². The predicted octanol–water partition coefficient (Wildman–Crippen LogP) is 5.77. The number of hydrogen-bond acceptors (Lipinski definition) is 2. The van der Waals surface area contributed by atoms with Crippen LogP contribution in [0.3, 0.4) is 0 Å². The fourth-order valence-electron chi connectivity index (χ4n) is 1.94. The molecular weight excluding hydrogens is 319 g/mol. The second kappa shape index (κ2) is 6.96. The molecule has 0 amide bonds. The third-order valence-electron chi connectivity index (χ3n) is 2.89. The summed E-state index contributed by atoms with van der Waals surface area (Å²) >= 11 is 12.1. The molecule has 0 aliphatic heterocycles. The third-order valence-corrected chi connectivity index (χ3v) is 3.72. The molecule has 0 aliphatic carbocycles. The lowest BCUT2D eigenvalue weighted by molar-refractivity contribution is -0.0498. The fourth-order valence-corrected chi connectivity index (χ4v) is 2.42. The molecule has 0 saturated heterocycles. The summed E-state index contributed by atoms with van der Waals surface area (Å²) in [5.41, 5.74) is 1.47. The number of anilines is 1. The predicted molar refractivity (Wildman–Crippen MR) is 81.6 cm³/mol. The van der Waals surface area contributed by atoms with E-state index in [1.165, 1.54) is 12.1 Å². The van der Waals surface area contributed by atoms with Gasteiger partial charge in [-0.25, -0.2) is 0 Å². The van der Waals surface area contributed by atoms with Crippen molar-refractivity contribution in [1.82, 2.24) is 0 Å². The van der Waals surface area contributed by atoms with Crippen molar-refractivity contribution >= 4 is 28.9 Å². The number of alkyl halides is 2. The number of hydrogen-bond donors (Lipinski definition) is 1. The molecule has 1 unspecified atom stereocenters. The lowest BCUT2D eigenvalue weighted by atomic mass is 10.1. The summed E-state index contributed by atoms with van der Waals surface area (Å²) in [6, 6.07) is 11.6. The minimum absolute atomic E-state index is 0.0967. The van der Waals surface area contributed by atoms with Gasteiger partial charge in [0, 0.05) is 11.8 Å². The van der Waals surface area contributed by atoms with E-state index in [9.17, 15) is 8.78 Å². The number of rotatable bonds is 5. The summed E-state index contributed by atoms with van der Waals surface area (Å²) in [6.45, 7) is -0.946. The number of nitrogens with one attached hydrogen (secondary N) is 1.